The Bertz CT molecular complexity index is 641. The number of anilines is 1. The van der Waals surface area contributed by atoms with Crippen LogP contribution in [0.15, 0.2) is 30.3 Å². The van der Waals surface area contributed by atoms with Crippen molar-refractivity contribution in [2.45, 2.75) is 20.8 Å². The SMILES string of the molecule is CC(=O)c1ccc(C(=O)Nc2cc(C)ccc2C)[nH]1. The third kappa shape index (κ3) is 2.91. The average Bonchev–Trinajstić information content (AvgIpc) is 2.83. The normalized spacial score (nSPS) is 10.3. The molecule has 0 unspecified atom stereocenters. The number of Topliss-reactive ketones (excluding diaryl/α,β-unsaturated/α-hetero) is 1. The number of H-pyrrole nitrogens is 1. The Hall–Kier alpha value is -2.36. The van der Waals surface area contributed by atoms with E-state index >= 15 is 0 Å². The summed E-state index contributed by atoms with van der Waals surface area (Å²) < 4.78 is 0. The number of hydrogen-bond acceptors (Lipinski definition) is 2. The maximum absolute atomic E-state index is 12.1. The van der Waals surface area contributed by atoms with Gasteiger partial charge < -0.3 is 10.3 Å². The van der Waals surface area contributed by atoms with Crippen LogP contribution in [0.5, 0.6) is 0 Å². The quantitative estimate of drug-likeness (QED) is 0.829. The topological polar surface area (TPSA) is 62.0 Å². The van der Waals surface area contributed by atoms with Crippen LogP contribution < -0.4 is 5.32 Å². The molecule has 98 valence electrons. The number of hydrogen-bond donors (Lipinski definition) is 2. The number of benzene rings is 1. The fourth-order valence-electron chi connectivity index (χ4n) is 1.79. The van der Waals surface area contributed by atoms with Crippen molar-refractivity contribution in [1.29, 1.82) is 0 Å². The molecule has 0 atom stereocenters. The van der Waals surface area contributed by atoms with Crippen molar-refractivity contribution in [2.24, 2.45) is 0 Å². The largest absolute Gasteiger partial charge is 0.348 e. The van der Waals surface area contributed by atoms with Gasteiger partial charge in [0.25, 0.3) is 5.91 Å². The average molecular weight is 256 g/mol. The van der Waals surface area contributed by atoms with E-state index in [0.717, 1.165) is 16.8 Å². The number of aromatic amines is 1. The Kier molecular flexibility index (Phi) is 3.51. The van der Waals surface area contributed by atoms with Crippen LogP contribution >= 0.6 is 0 Å². The molecule has 0 aliphatic heterocycles. The van der Waals surface area contributed by atoms with Crippen molar-refractivity contribution >= 4 is 17.4 Å². The predicted octanol–water partition coefficient (Wildman–Crippen LogP) is 3.09. The summed E-state index contributed by atoms with van der Waals surface area (Å²) in [4.78, 5) is 26.0. The highest BCUT2D eigenvalue weighted by atomic mass is 16.2. The van der Waals surface area contributed by atoms with Crippen LogP contribution in [0.3, 0.4) is 0 Å². The van der Waals surface area contributed by atoms with Gasteiger partial charge in [-0.1, -0.05) is 12.1 Å². The lowest BCUT2D eigenvalue weighted by atomic mass is 10.1. The van der Waals surface area contributed by atoms with E-state index in [2.05, 4.69) is 10.3 Å². The molecule has 1 amide bonds. The standard InChI is InChI=1S/C15H16N2O2/c1-9-4-5-10(2)14(8-9)17-15(19)13-7-6-12(16-13)11(3)18/h4-8,16H,1-3H3,(H,17,19). The molecule has 0 spiro atoms. The Morgan fingerprint density at radius 1 is 1.05 bits per heavy atom. The van der Waals surface area contributed by atoms with E-state index in [1.165, 1.54) is 6.92 Å². The molecule has 0 aliphatic carbocycles. The number of carbonyl (C=O) groups excluding carboxylic acids is 2. The van der Waals surface area contributed by atoms with Crippen molar-refractivity contribution in [1.82, 2.24) is 4.98 Å². The first-order valence-corrected chi connectivity index (χ1v) is 6.06. The summed E-state index contributed by atoms with van der Waals surface area (Å²) >= 11 is 0. The van der Waals surface area contributed by atoms with Gasteiger partial charge >= 0.3 is 0 Å². The summed E-state index contributed by atoms with van der Waals surface area (Å²) in [5, 5.41) is 2.84. The summed E-state index contributed by atoms with van der Waals surface area (Å²) in [7, 11) is 0. The van der Waals surface area contributed by atoms with E-state index in [9.17, 15) is 9.59 Å². The van der Waals surface area contributed by atoms with Crippen LogP contribution in [0, 0.1) is 13.8 Å². The van der Waals surface area contributed by atoms with Crippen molar-refractivity contribution in [3.8, 4) is 0 Å². The molecular formula is C15H16N2O2. The molecule has 2 rings (SSSR count). The van der Waals surface area contributed by atoms with Crippen LogP contribution in [0.4, 0.5) is 5.69 Å². The number of carbonyl (C=O) groups is 2. The van der Waals surface area contributed by atoms with Crippen molar-refractivity contribution in [3.05, 3.63) is 52.8 Å². The molecule has 0 bridgehead atoms. The molecule has 2 aromatic rings. The third-order valence-corrected chi connectivity index (χ3v) is 2.95. The lowest BCUT2D eigenvalue weighted by Crippen LogP contribution is -2.13. The molecule has 0 saturated carbocycles. The second-order valence-electron chi connectivity index (χ2n) is 4.61. The molecular weight excluding hydrogens is 240 g/mol. The number of aromatic nitrogens is 1. The summed E-state index contributed by atoms with van der Waals surface area (Å²) in [6.07, 6.45) is 0. The molecule has 0 saturated heterocycles. The second kappa shape index (κ2) is 5.10. The van der Waals surface area contributed by atoms with Gasteiger partial charge in [0.05, 0.1) is 5.69 Å². The van der Waals surface area contributed by atoms with Gasteiger partial charge in [0.1, 0.15) is 5.69 Å². The van der Waals surface area contributed by atoms with E-state index in [-0.39, 0.29) is 11.7 Å². The van der Waals surface area contributed by atoms with E-state index in [1.807, 2.05) is 32.0 Å². The summed E-state index contributed by atoms with van der Waals surface area (Å²) in [6.45, 7) is 5.36. The van der Waals surface area contributed by atoms with Gasteiger partial charge in [0.15, 0.2) is 5.78 Å². The minimum absolute atomic E-state index is 0.0919. The van der Waals surface area contributed by atoms with Gasteiger partial charge in [0.2, 0.25) is 0 Å². The maximum atomic E-state index is 12.1. The number of nitrogens with one attached hydrogen (secondary N) is 2. The Labute approximate surface area is 111 Å². The van der Waals surface area contributed by atoms with E-state index < -0.39 is 0 Å². The summed E-state index contributed by atoms with van der Waals surface area (Å²) in [5.74, 6) is -0.341. The highest BCUT2D eigenvalue weighted by molar-refractivity contribution is 6.04. The van der Waals surface area contributed by atoms with Crippen LogP contribution in [-0.2, 0) is 0 Å². The first kappa shape index (κ1) is 13.1. The van der Waals surface area contributed by atoms with E-state index in [1.54, 1.807) is 12.1 Å². The van der Waals surface area contributed by atoms with Crippen molar-refractivity contribution in [2.75, 3.05) is 5.32 Å². The molecule has 1 aromatic carbocycles. The minimum Gasteiger partial charge on any atom is -0.348 e. The van der Waals surface area contributed by atoms with E-state index in [4.69, 9.17) is 0 Å². The van der Waals surface area contributed by atoms with E-state index in [0.29, 0.717) is 11.4 Å². The molecule has 4 heteroatoms. The first-order chi connectivity index (χ1) is 8.97. The molecule has 4 nitrogen and oxygen atoms in total. The maximum Gasteiger partial charge on any atom is 0.272 e. The van der Waals surface area contributed by atoms with Gasteiger partial charge in [-0.15, -0.1) is 0 Å². The predicted molar refractivity (Wildman–Crippen MR) is 74.7 cm³/mol. The van der Waals surface area contributed by atoms with Crippen LogP contribution in [-0.4, -0.2) is 16.7 Å². The monoisotopic (exact) mass is 256 g/mol. The smallest absolute Gasteiger partial charge is 0.272 e. The van der Waals surface area contributed by atoms with Gasteiger partial charge in [-0.2, -0.15) is 0 Å². The number of aryl methyl sites for hydroxylation is 2. The van der Waals surface area contributed by atoms with Gasteiger partial charge in [0, 0.05) is 12.6 Å². The lowest BCUT2D eigenvalue weighted by Gasteiger charge is -2.08. The van der Waals surface area contributed by atoms with Gasteiger partial charge in [-0.05, 0) is 43.2 Å². The third-order valence-electron chi connectivity index (χ3n) is 2.95. The highest BCUT2D eigenvalue weighted by Gasteiger charge is 2.11. The zero-order valence-electron chi connectivity index (χ0n) is 11.2. The van der Waals surface area contributed by atoms with Crippen LogP contribution in [0.25, 0.3) is 0 Å². The zero-order valence-corrected chi connectivity index (χ0v) is 11.2. The Morgan fingerprint density at radius 2 is 1.74 bits per heavy atom. The lowest BCUT2D eigenvalue weighted by molar-refractivity contribution is 0.101. The molecule has 1 heterocycles. The van der Waals surface area contributed by atoms with Crippen LogP contribution in [0.1, 0.15) is 39.0 Å². The molecule has 0 aliphatic rings. The number of amides is 1. The highest BCUT2D eigenvalue weighted by Crippen LogP contribution is 2.17. The minimum atomic E-state index is -0.249. The van der Waals surface area contributed by atoms with Crippen LogP contribution in [0.2, 0.25) is 0 Å². The summed E-state index contributed by atoms with van der Waals surface area (Å²) in [6, 6.07) is 9.09. The molecule has 2 N–H and O–H groups in total. The fourth-order valence-corrected chi connectivity index (χ4v) is 1.79. The molecule has 0 radical (unpaired) electrons. The van der Waals surface area contributed by atoms with Gasteiger partial charge in [-0.25, -0.2) is 0 Å². The molecule has 0 fully saturated rings. The van der Waals surface area contributed by atoms with Gasteiger partial charge in [-0.3, -0.25) is 9.59 Å². The summed E-state index contributed by atoms with van der Waals surface area (Å²) in [5.41, 5.74) is 3.68. The van der Waals surface area contributed by atoms with Crippen molar-refractivity contribution < 1.29 is 9.59 Å². The Balaban J connectivity index is 2.20. The Morgan fingerprint density at radius 3 is 2.37 bits per heavy atom. The molecule has 1 aromatic heterocycles. The molecule has 19 heavy (non-hydrogen) atoms. The second-order valence-corrected chi connectivity index (χ2v) is 4.61. The number of rotatable bonds is 3. The number of ketones is 1. The first-order valence-electron chi connectivity index (χ1n) is 6.06. The van der Waals surface area contributed by atoms with Crippen molar-refractivity contribution in [3.63, 3.8) is 0 Å². The fraction of sp³-hybridized carbons (Fsp3) is 0.200. The zero-order chi connectivity index (χ0) is 14.0.